The van der Waals surface area contributed by atoms with E-state index in [9.17, 15) is 0 Å². The highest BCUT2D eigenvalue weighted by Crippen LogP contribution is 2.13. The lowest BCUT2D eigenvalue weighted by molar-refractivity contribution is 0.635. The maximum Gasteiger partial charge on any atom is 0.170 e. The van der Waals surface area contributed by atoms with Crippen molar-refractivity contribution in [2.45, 2.75) is 26.2 Å². The zero-order valence-electron chi connectivity index (χ0n) is 12.7. The Morgan fingerprint density at radius 3 is 2.05 bits per heavy atom. The van der Waals surface area contributed by atoms with E-state index >= 15 is 0 Å². The van der Waals surface area contributed by atoms with Crippen molar-refractivity contribution < 1.29 is 0 Å². The third-order valence-corrected chi connectivity index (χ3v) is 3.20. The van der Waals surface area contributed by atoms with Crippen LogP contribution in [0.2, 0.25) is 0 Å². The van der Waals surface area contributed by atoms with Crippen LogP contribution >= 0.6 is 24.4 Å². The highest BCUT2D eigenvalue weighted by Gasteiger charge is 1.98. The Kier molecular flexibility index (Phi) is 8.89. The first-order valence-corrected chi connectivity index (χ1v) is 8.00. The maximum atomic E-state index is 5.27. The quantitative estimate of drug-likeness (QED) is 0.435. The molecule has 0 saturated heterocycles. The minimum absolute atomic E-state index is 0.662. The average Bonchev–Trinajstić information content (AvgIpc) is 2.44. The van der Waals surface area contributed by atoms with Gasteiger partial charge in [0.25, 0.3) is 0 Å². The Bertz CT molecular complexity index is 445. The molecule has 4 N–H and O–H groups in total. The van der Waals surface area contributed by atoms with Crippen LogP contribution in [0.25, 0.3) is 0 Å². The fourth-order valence-electron chi connectivity index (χ4n) is 1.82. The highest BCUT2D eigenvalue weighted by atomic mass is 32.1. The van der Waals surface area contributed by atoms with Gasteiger partial charge in [-0.25, -0.2) is 0 Å². The Hall–Kier alpha value is -1.24. The topological polar surface area (TPSA) is 48.1 Å². The molecule has 0 bridgehead atoms. The van der Waals surface area contributed by atoms with E-state index in [0.717, 1.165) is 35.9 Å². The minimum Gasteiger partial charge on any atom is -0.362 e. The van der Waals surface area contributed by atoms with Gasteiger partial charge in [0, 0.05) is 17.9 Å². The zero-order chi connectivity index (χ0) is 15.5. The van der Waals surface area contributed by atoms with E-state index in [1.165, 1.54) is 12.8 Å². The molecular formula is C15H24N4S2. The molecule has 1 aromatic carbocycles. The summed E-state index contributed by atoms with van der Waals surface area (Å²) in [5.41, 5.74) is 1.95. The molecule has 0 fully saturated rings. The molecule has 4 nitrogen and oxygen atoms in total. The molecule has 0 aromatic heterocycles. The van der Waals surface area contributed by atoms with Crippen molar-refractivity contribution in [2.24, 2.45) is 0 Å². The summed E-state index contributed by atoms with van der Waals surface area (Å²) in [4.78, 5) is 0.756. The SMILES string of the molecule is CNCCCCCNC(=S)Nc1ccc(NC(C)=S)cc1. The average molecular weight is 325 g/mol. The number of nitrogens with one attached hydrogen (secondary N) is 4. The van der Waals surface area contributed by atoms with E-state index in [-0.39, 0.29) is 0 Å². The fourth-order valence-corrected chi connectivity index (χ4v) is 2.16. The Morgan fingerprint density at radius 1 is 0.905 bits per heavy atom. The van der Waals surface area contributed by atoms with Gasteiger partial charge in [0.05, 0.1) is 4.99 Å². The lowest BCUT2D eigenvalue weighted by Crippen LogP contribution is -2.29. The number of anilines is 2. The van der Waals surface area contributed by atoms with Crippen LogP contribution in [0.1, 0.15) is 26.2 Å². The molecule has 0 atom stereocenters. The molecule has 1 aromatic rings. The second-order valence-electron chi connectivity index (χ2n) is 4.80. The summed E-state index contributed by atoms with van der Waals surface area (Å²) in [7, 11) is 1.98. The molecule has 6 heteroatoms. The van der Waals surface area contributed by atoms with Gasteiger partial charge in [0.15, 0.2) is 5.11 Å². The van der Waals surface area contributed by atoms with Gasteiger partial charge in [-0.05, 0) is 69.8 Å². The summed E-state index contributed by atoms with van der Waals surface area (Å²) >= 11 is 10.3. The molecule has 0 heterocycles. The number of hydrogen-bond acceptors (Lipinski definition) is 3. The van der Waals surface area contributed by atoms with Gasteiger partial charge in [-0.1, -0.05) is 18.6 Å². The van der Waals surface area contributed by atoms with Crippen molar-refractivity contribution in [3.05, 3.63) is 24.3 Å². The fraction of sp³-hybridized carbons (Fsp3) is 0.467. The smallest absolute Gasteiger partial charge is 0.170 e. The Morgan fingerprint density at radius 2 is 1.48 bits per heavy atom. The molecule has 0 radical (unpaired) electrons. The summed E-state index contributed by atoms with van der Waals surface area (Å²) in [6, 6.07) is 7.89. The van der Waals surface area contributed by atoms with E-state index in [1.807, 2.05) is 38.2 Å². The minimum atomic E-state index is 0.662. The van der Waals surface area contributed by atoms with Crippen LogP contribution in [-0.2, 0) is 0 Å². The van der Waals surface area contributed by atoms with Crippen molar-refractivity contribution in [3.63, 3.8) is 0 Å². The third-order valence-electron chi connectivity index (χ3n) is 2.85. The number of hydrogen-bond donors (Lipinski definition) is 4. The number of benzene rings is 1. The van der Waals surface area contributed by atoms with Gasteiger partial charge in [0.2, 0.25) is 0 Å². The first-order chi connectivity index (χ1) is 10.1. The summed E-state index contributed by atoms with van der Waals surface area (Å²) < 4.78 is 0. The summed E-state index contributed by atoms with van der Waals surface area (Å²) in [5, 5.41) is 13.3. The predicted molar refractivity (Wildman–Crippen MR) is 100 cm³/mol. The van der Waals surface area contributed by atoms with Crippen LogP contribution in [0.4, 0.5) is 11.4 Å². The van der Waals surface area contributed by atoms with Crippen LogP contribution in [0.15, 0.2) is 24.3 Å². The van der Waals surface area contributed by atoms with Crippen molar-refractivity contribution in [1.82, 2.24) is 10.6 Å². The van der Waals surface area contributed by atoms with Gasteiger partial charge in [-0.15, -0.1) is 0 Å². The van der Waals surface area contributed by atoms with Gasteiger partial charge >= 0.3 is 0 Å². The van der Waals surface area contributed by atoms with Crippen LogP contribution in [0, 0.1) is 0 Å². The number of rotatable bonds is 8. The highest BCUT2D eigenvalue weighted by molar-refractivity contribution is 7.80. The molecule has 0 aliphatic heterocycles. The van der Waals surface area contributed by atoms with Crippen molar-refractivity contribution >= 4 is 45.9 Å². The lowest BCUT2D eigenvalue weighted by Gasteiger charge is -2.11. The standard InChI is InChI=1S/C15H24N4S2/c1-12(20)18-13-6-8-14(9-7-13)19-15(21)17-11-5-3-4-10-16-2/h6-9,16H,3-5,10-11H2,1-2H3,(H,18,20)(H2,17,19,21). The molecule has 0 aliphatic carbocycles. The molecule has 0 aliphatic rings. The van der Waals surface area contributed by atoms with Crippen LogP contribution in [-0.4, -0.2) is 30.2 Å². The number of unbranched alkanes of at least 4 members (excludes halogenated alkanes) is 2. The third kappa shape index (κ3) is 8.60. The largest absolute Gasteiger partial charge is 0.362 e. The molecule has 0 unspecified atom stereocenters. The van der Waals surface area contributed by atoms with Gasteiger partial charge in [-0.2, -0.15) is 0 Å². The van der Waals surface area contributed by atoms with Crippen LogP contribution in [0.5, 0.6) is 0 Å². The molecule has 1 rings (SSSR count). The molecule has 0 amide bonds. The Labute approximate surface area is 138 Å². The molecule has 21 heavy (non-hydrogen) atoms. The van der Waals surface area contributed by atoms with Gasteiger partial charge < -0.3 is 21.3 Å². The van der Waals surface area contributed by atoms with Crippen molar-refractivity contribution in [2.75, 3.05) is 30.8 Å². The molecule has 0 spiro atoms. The normalized spacial score (nSPS) is 10.0. The van der Waals surface area contributed by atoms with E-state index in [1.54, 1.807) is 0 Å². The molecular weight excluding hydrogens is 300 g/mol. The van der Waals surface area contributed by atoms with Gasteiger partial charge in [0.1, 0.15) is 0 Å². The summed E-state index contributed by atoms with van der Waals surface area (Å²) in [6.45, 7) is 3.83. The Balaban J connectivity index is 2.23. The summed E-state index contributed by atoms with van der Waals surface area (Å²) in [6.07, 6.45) is 3.53. The zero-order valence-corrected chi connectivity index (χ0v) is 14.3. The first kappa shape index (κ1) is 17.8. The van der Waals surface area contributed by atoms with Crippen molar-refractivity contribution in [3.8, 4) is 0 Å². The van der Waals surface area contributed by atoms with Crippen molar-refractivity contribution in [1.29, 1.82) is 0 Å². The monoisotopic (exact) mass is 324 g/mol. The maximum absolute atomic E-state index is 5.27. The van der Waals surface area contributed by atoms with Gasteiger partial charge in [-0.3, -0.25) is 0 Å². The summed E-state index contributed by atoms with van der Waals surface area (Å²) in [5.74, 6) is 0. The second-order valence-corrected chi connectivity index (χ2v) is 5.82. The van der Waals surface area contributed by atoms with E-state index in [0.29, 0.717) is 5.11 Å². The van der Waals surface area contributed by atoms with E-state index in [2.05, 4.69) is 21.3 Å². The van der Waals surface area contributed by atoms with Crippen LogP contribution in [0.3, 0.4) is 0 Å². The lowest BCUT2D eigenvalue weighted by atomic mass is 10.2. The second kappa shape index (κ2) is 10.5. The first-order valence-electron chi connectivity index (χ1n) is 7.19. The van der Waals surface area contributed by atoms with E-state index < -0.39 is 0 Å². The van der Waals surface area contributed by atoms with Crippen LogP contribution < -0.4 is 21.3 Å². The number of thiocarbonyl (C=S) groups is 2. The molecule has 116 valence electrons. The predicted octanol–water partition coefficient (Wildman–Crippen LogP) is 3.12. The molecule has 0 saturated carbocycles. The van der Waals surface area contributed by atoms with E-state index in [4.69, 9.17) is 24.4 Å².